The zero-order valence-corrected chi connectivity index (χ0v) is 14.1. The zero-order chi connectivity index (χ0) is 16.9. The third kappa shape index (κ3) is 4.81. The van der Waals surface area contributed by atoms with E-state index in [9.17, 15) is 9.59 Å². The molecule has 1 aromatic carbocycles. The first-order valence-corrected chi connectivity index (χ1v) is 8.37. The van der Waals surface area contributed by atoms with Crippen LogP contribution >= 0.6 is 0 Å². The van der Waals surface area contributed by atoms with E-state index in [0.29, 0.717) is 6.54 Å². The van der Waals surface area contributed by atoms with Crippen molar-refractivity contribution >= 4 is 11.9 Å². The fourth-order valence-electron chi connectivity index (χ4n) is 3.65. The van der Waals surface area contributed by atoms with Crippen LogP contribution in [-0.2, 0) is 15.0 Å². The van der Waals surface area contributed by atoms with E-state index < -0.39 is 11.4 Å². The van der Waals surface area contributed by atoms with Gasteiger partial charge in [0.05, 0.1) is 6.42 Å². The van der Waals surface area contributed by atoms with E-state index in [4.69, 9.17) is 5.11 Å². The van der Waals surface area contributed by atoms with Crippen LogP contribution in [0.5, 0.6) is 0 Å². The minimum atomic E-state index is -0.862. The maximum Gasteiger partial charge on any atom is 0.303 e. The lowest BCUT2D eigenvalue weighted by Gasteiger charge is -2.31. The number of carboxylic acid groups (broad SMARTS) is 1. The molecule has 2 N–H and O–H groups in total. The van der Waals surface area contributed by atoms with Crippen LogP contribution in [0.3, 0.4) is 0 Å². The Kier molecular flexibility index (Phi) is 5.45. The number of carbonyl (C=O) groups is 2. The average molecular weight is 317 g/mol. The highest BCUT2D eigenvalue weighted by atomic mass is 16.4. The van der Waals surface area contributed by atoms with Crippen molar-refractivity contribution in [3.63, 3.8) is 0 Å². The van der Waals surface area contributed by atoms with Gasteiger partial charge < -0.3 is 10.4 Å². The van der Waals surface area contributed by atoms with Gasteiger partial charge >= 0.3 is 5.97 Å². The van der Waals surface area contributed by atoms with Crippen LogP contribution in [0, 0.1) is 5.41 Å². The fraction of sp³-hybridized carbons (Fsp3) is 0.579. The number of carbonyl (C=O) groups excluding carboxylic acids is 1. The highest BCUT2D eigenvalue weighted by Gasteiger charge is 2.36. The van der Waals surface area contributed by atoms with E-state index in [1.165, 1.54) is 18.4 Å². The number of benzene rings is 1. The summed E-state index contributed by atoms with van der Waals surface area (Å²) in [7, 11) is 0. The third-order valence-corrected chi connectivity index (χ3v) is 4.84. The first-order chi connectivity index (χ1) is 10.8. The van der Waals surface area contributed by atoms with Gasteiger partial charge in [0.25, 0.3) is 0 Å². The molecule has 0 spiro atoms. The van der Waals surface area contributed by atoms with Gasteiger partial charge in [-0.2, -0.15) is 0 Å². The van der Waals surface area contributed by atoms with Crippen LogP contribution in [-0.4, -0.2) is 23.5 Å². The molecule has 1 saturated carbocycles. The summed E-state index contributed by atoms with van der Waals surface area (Å²) in [5, 5.41) is 12.0. The van der Waals surface area contributed by atoms with Crippen molar-refractivity contribution in [2.24, 2.45) is 5.41 Å². The predicted molar refractivity (Wildman–Crippen MR) is 90.2 cm³/mol. The summed E-state index contributed by atoms with van der Waals surface area (Å²) < 4.78 is 0. The molecule has 0 unspecified atom stereocenters. The molecule has 0 heterocycles. The molecule has 0 radical (unpaired) electrons. The molecule has 1 aliphatic carbocycles. The quantitative estimate of drug-likeness (QED) is 0.809. The number of carboxylic acids is 1. The summed E-state index contributed by atoms with van der Waals surface area (Å²) in [6.45, 7) is 4.28. The molecule has 1 fully saturated rings. The van der Waals surface area contributed by atoms with Gasteiger partial charge in [-0.1, -0.05) is 57.0 Å². The van der Waals surface area contributed by atoms with Crippen molar-refractivity contribution in [1.82, 2.24) is 5.32 Å². The lowest BCUT2D eigenvalue weighted by molar-refractivity contribution is -0.139. The maximum atomic E-state index is 12.3. The number of nitrogens with one attached hydrogen (secondary N) is 1. The summed E-state index contributed by atoms with van der Waals surface area (Å²) in [4.78, 5) is 23.1. The zero-order valence-electron chi connectivity index (χ0n) is 14.1. The van der Waals surface area contributed by atoms with Crippen LogP contribution in [0.2, 0.25) is 0 Å². The third-order valence-electron chi connectivity index (χ3n) is 4.84. The Morgan fingerprint density at radius 1 is 1.13 bits per heavy atom. The second-order valence-electron chi connectivity index (χ2n) is 7.54. The van der Waals surface area contributed by atoms with Crippen molar-refractivity contribution in [3.8, 4) is 0 Å². The van der Waals surface area contributed by atoms with E-state index in [1.807, 2.05) is 32.0 Å². The number of hydrogen-bond donors (Lipinski definition) is 2. The predicted octanol–water partition coefficient (Wildman–Crippen LogP) is 3.51. The van der Waals surface area contributed by atoms with Gasteiger partial charge in [-0.3, -0.25) is 9.59 Å². The summed E-state index contributed by atoms with van der Waals surface area (Å²) in [6, 6.07) is 10.4. The molecule has 0 aromatic heterocycles. The molecule has 0 bridgehead atoms. The number of rotatable bonds is 7. The van der Waals surface area contributed by atoms with Gasteiger partial charge in [0.1, 0.15) is 0 Å². The molecule has 0 aliphatic heterocycles. The van der Waals surface area contributed by atoms with E-state index in [2.05, 4.69) is 17.4 Å². The van der Waals surface area contributed by atoms with Gasteiger partial charge in [-0.15, -0.1) is 0 Å². The summed E-state index contributed by atoms with van der Waals surface area (Å²) in [6.07, 6.45) is 4.81. The molecular weight excluding hydrogens is 290 g/mol. The monoisotopic (exact) mass is 317 g/mol. The van der Waals surface area contributed by atoms with E-state index in [-0.39, 0.29) is 24.2 Å². The molecule has 2 rings (SSSR count). The number of amides is 1. The lowest BCUT2D eigenvalue weighted by Crippen LogP contribution is -2.40. The van der Waals surface area contributed by atoms with Crippen LogP contribution in [0.1, 0.15) is 57.9 Å². The van der Waals surface area contributed by atoms with Crippen molar-refractivity contribution in [2.45, 2.75) is 57.8 Å². The number of aliphatic carboxylic acids is 1. The van der Waals surface area contributed by atoms with E-state index >= 15 is 0 Å². The smallest absolute Gasteiger partial charge is 0.303 e. The van der Waals surface area contributed by atoms with E-state index in [0.717, 1.165) is 12.8 Å². The normalized spacial score (nSPS) is 17.0. The summed E-state index contributed by atoms with van der Waals surface area (Å²) >= 11 is 0. The Balaban J connectivity index is 1.97. The summed E-state index contributed by atoms with van der Waals surface area (Å²) in [5.74, 6) is -0.919. The maximum absolute atomic E-state index is 12.3. The van der Waals surface area contributed by atoms with Crippen molar-refractivity contribution in [1.29, 1.82) is 0 Å². The van der Waals surface area contributed by atoms with Gasteiger partial charge in [0.2, 0.25) is 5.91 Å². The molecule has 0 saturated heterocycles. The first kappa shape index (κ1) is 17.5. The number of hydrogen-bond acceptors (Lipinski definition) is 2. The molecule has 4 heteroatoms. The van der Waals surface area contributed by atoms with Gasteiger partial charge in [-0.05, 0) is 23.8 Å². The van der Waals surface area contributed by atoms with E-state index in [1.54, 1.807) is 0 Å². The Morgan fingerprint density at radius 3 is 2.30 bits per heavy atom. The molecule has 1 amide bonds. The first-order valence-electron chi connectivity index (χ1n) is 8.37. The minimum Gasteiger partial charge on any atom is -0.481 e. The molecule has 23 heavy (non-hydrogen) atoms. The second kappa shape index (κ2) is 7.16. The highest BCUT2D eigenvalue weighted by molar-refractivity contribution is 5.78. The molecule has 126 valence electrons. The molecule has 0 atom stereocenters. The van der Waals surface area contributed by atoms with Crippen molar-refractivity contribution < 1.29 is 14.7 Å². The fourth-order valence-corrected chi connectivity index (χ4v) is 3.65. The Labute approximate surface area is 138 Å². The van der Waals surface area contributed by atoms with Gasteiger partial charge in [0, 0.05) is 18.4 Å². The topological polar surface area (TPSA) is 66.4 Å². The van der Waals surface area contributed by atoms with Crippen LogP contribution < -0.4 is 5.32 Å². The van der Waals surface area contributed by atoms with Gasteiger partial charge in [-0.25, -0.2) is 0 Å². The largest absolute Gasteiger partial charge is 0.481 e. The average Bonchev–Trinajstić information content (AvgIpc) is 2.94. The van der Waals surface area contributed by atoms with Crippen molar-refractivity contribution in [2.75, 3.05) is 6.54 Å². The Morgan fingerprint density at radius 2 is 1.74 bits per heavy atom. The van der Waals surface area contributed by atoms with Crippen LogP contribution in [0.4, 0.5) is 0 Å². The molecule has 4 nitrogen and oxygen atoms in total. The lowest BCUT2D eigenvalue weighted by atomic mass is 9.78. The minimum absolute atomic E-state index is 0.00421. The molecular formula is C19H27NO3. The van der Waals surface area contributed by atoms with Crippen LogP contribution in [0.25, 0.3) is 0 Å². The Hall–Kier alpha value is -1.84. The molecule has 1 aliphatic rings. The molecule has 1 aromatic rings. The Bertz CT molecular complexity index is 545. The van der Waals surface area contributed by atoms with Crippen molar-refractivity contribution in [3.05, 3.63) is 35.9 Å². The standard InChI is InChI=1S/C19H27NO3/c1-18(2,13-17(22)23)12-16(21)20-14-19(10-6-7-11-19)15-8-4-3-5-9-15/h3-5,8-9H,6-7,10-14H2,1-2H3,(H,20,21)(H,22,23). The second-order valence-corrected chi connectivity index (χ2v) is 7.54. The van der Waals surface area contributed by atoms with Crippen LogP contribution in [0.15, 0.2) is 30.3 Å². The van der Waals surface area contributed by atoms with Gasteiger partial charge in [0.15, 0.2) is 0 Å². The summed E-state index contributed by atoms with van der Waals surface area (Å²) in [5.41, 5.74) is 0.807. The highest BCUT2D eigenvalue weighted by Crippen LogP contribution is 2.40. The SMILES string of the molecule is CC(C)(CC(=O)O)CC(=O)NCC1(c2ccccc2)CCCC1.